The summed E-state index contributed by atoms with van der Waals surface area (Å²) in [6.45, 7) is 4.98. The first kappa shape index (κ1) is 23.4. The molecule has 4 rings (SSSR count). The fraction of sp³-hybridized carbons (Fsp3) is 0.318. The Kier molecular flexibility index (Phi) is 6.84. The highest BCUT2D eigenvalue weighted by Crippen LogP contribution is 2.33. The maximum Gasteiger partial charge on any atom is 0.243 e. The summed E-state index contributed by atoms with van der Waals surface area (Å²) < 4.78 is 35.0. The molecule has 1 aliphatic rings. The number of aromatic nitrogens is 3. The molecule has 1 aromatic heterocycles. The Bertz CT molecular complexity index is 1260. The first-order valence-corrected chi connectivity index (χ1v) is 12.8. The van der Waals surface area contributed by atoms with Crippen molar-refractivity contribution in [3.05, 3.63) is 54.1 Å². The first-order chi connectivity index (χ1) is 15.8. The Morgan fingerprint density at radius 2 is 1.82 bits per heavy atom. The number of para-hydroxylation sites is 1. The minimum absolute atomic E-state index is 0.187. The summed E-state index contributed by atoms with van der Waals surface area (Å²) >= 11 is 1.20. The van der Waals surface area contributed by atoms with E-state index in [0.29, 0.717) is 42.8 Å². The zero-order valence-electron chi connectivity index (χ0n) is 18.3. The van der Waals surface area contributed by atoms with E-state index in [0.717, 1.165) is 11.3 Å². The van der Waals surface area contributed by atoms with Crippen LogP contribution in [0.3, 0.4) is 0 Å². The summed E-state index contributed by atoms with van der Waals surface area (Å²) in [5, 5.41) is 8.66. The lowest BCUT2D eigenvalue weighted by molar-refractivity contribution is -0.117. The SMILES string of the molecule is Cc1ccc(S(=O)(=O)N2CCOCC2)cc1-c1nnc(SC(C)C(N)=O)n1-c1ccccc1. The third-order valence-corrected chi connectivity index (χ3v) is 8.34. The van der Waals surface area contributed by atoms with E-state index in [2.05, 4.69) is 10.2 Å². The molecule has 0 spiro atoms. The first-order valence-electron chi connectivity index (χ1n) is 10.4. The van der Waals surface area contributed by atoms with E-state index in [9.17, 15) is 13.2 Å². The van der Waals surface area contributed by atoms with Gasteiger partial charge in [0.15, 0.2) is 11.0 Å². The smallest absolute Gasteiger partial charge is 0.243 e. The van der Waals surface area contributed by atoms with Crippen LogP contribution in [0, 0.1) is 6.92 Å². The molecule has 1 fully saturated rings. The van der Waals surface area contributed by atoms with Crippen LogP contribution < -0.4 is 5.73 Å². The second-order valence-electron chi connectivity index (χ2n) is 7.63. The van der Waals surface area contributed by atoms with Crippen LogP contribution >= 0.6 is 11.8 Å². The number of morpholine rings is 1. The molecule has 0 saturated carbocycles. The highest BCUT2D eigenvalue weighted by atomic mass is 32.2. The van der Waals surface area contributed by atoms with Crippen LogP contribution in [0.4, 0.5) is 0 Å². The summed E-state index contributed by atoms with van der Waals surface area (Å²) in [4.78, 5) is 11.8. The van der Waals surface area contributed by atoms with Crippen molar-refractivity contribution in [1.29, 1.82) is 0 Å². The molecule has 3 aromatic rings. The van der Waals surface area contributed by atoms with Crippen LogP contribution in [-0.4, -0.2) is 64.9 Å². The number of benzene rings is 2. The van der Waals surface area contributed by atoms with E-state index in [4.69, 9.17) is 10.5 Å². The maximum absolute atomic E-state index is 13.2. The van der Waals surface area contributed by atoms with E-state index in [-0.39, 0.29) is 4.90 Å². The Balaban J connectivity index is 1.83. The molecule has 9 nitrogen and oxygen atoms in total. The van der Waals surface area contributed by atoms with E-state index in [1.54, 1.807) is 25.1 Å². The molecule has 1 unspecified atom stereocenters. The molecule has 1 atom stereocenters. The number of primary amides is 1. The second kappa shape index (κ2) is 9.64. The number of ether oxygens (including phenoxy) is 1. The lowest BCUT2D eigenvalue weighted by atomic mass is 10.1. The molecule has 2 N–H and O–H groups in total. The molecule has 1 amide bonds. The van der Waals surface area contributed by atoms with E-state index >= 15 is 0 Å². The number of thioether (sulfide) groups is 1. The molecular formula is C22H25N5O4S2. The van der Waals surface area contributed by atoms with Gasteiger partial charge in [-0.2, -0.15) is 4.31 Å². The summed E-state index contributed by atoms with van der Waals surface area (Å²) in [7, 11) is -3.68. The third-order valence-electron chi connectivity index (χ3n) is 5.39. The predicted molar refractivity (Wildman–Crippen MR) is 126 cm³/mol. The number of aryl methyl sites for hydroxylation is 1. The zero-order valence-corrected chi connectivity index (χ0v) is 20.0. The Hall–Kier alpha value is -2.73. The van der Waals surface area contributed by atoms with Gasteiger partial charge in [0.1, 0.15) is 0 Å². The molecule has 0 radical (unpaired) electrons. The van der Waals surface area contributed by atoms with Crippen LogP contribution in [0.15, 0.2) is 58.6 Å². The van der Waals surface area contributed by atoms with Crippen molar-refractivity contribution in [1.82, 2.24) is 19.1 Å². The number of carbonyl (C=O) groups is 1. The van der Waals surface area contributed by atoms with Crippen molar-refractivity contribution in [2.45, 2.75) is 29.1 Å². The number of carbonyl (C=O) groups excluding carboxylic acids is 1. The number of hydrogen-bond acceptors (Lipinski definition) is 7. The molecule has 0 bridgehead atoms. The molecule has 11 heteroatoms. The lowest BCUT2D eigenvalue weighted by Gasteiger charge is -2.26. The van der Waals surface area contributed by atoms with E-state index in [1.807, 2.05) is 41.8 Å². The average Bonchev–Trinajstić information content (AvgIpc) is 3.23. The number of rotatable bonds is 7. The van der Waals surface area contributed by atoms with Crippen LogP contribution in [0.2, 0.25) is 0 Å². The van der Waals surface area contributed by atoms with Gasteiger partial charge in [-0.05, 0) is 43.7 Å². The minimum atomic E-state index is -3.68. The van der Waals surface area contributed by atoms with Gasteiger partial charge in [-0.15, -0.1) is 10.2 Å². The molecule has 1 saturated heterocycles. The van der Waals surface area contributed by atoms with Gasteiger partial charge in [-0.3, -0.25) is 9.36 Å². The van der Waals surface area contributed by atoms with Crippen molar-refractivity contribution >= 4 is 27.7 Å². The second-order valence-corrected chi connectivity index (χ2v) is 10.9. The average molecular weight is 488 g/mol. The Morgan fingerprint density at radius 1 is 1.12 bits per heavy atom. The summed E-state index contributed by atoms with van der Waals surface area (Å²) in [6.07, 6.45) is 0. The number of hydrogen-bond donors (Lipinski definition) is 1. The van der Waals surface area contributed by atoms with Crippen molar-refractivity contribution in [3.8, 4) is 17.1 Å². The van der Waals surface area contributed by atoms with Crippen molar-refractivity contribution in [2.75, 3.05) is 26.3 Å². The van der Waals surface area contributed by atoms with Gasteiger partial charge >= 0.3 is 0 Å². The largest absolute Gasteiger partial charge is 0.379 e. The quantitative estimate of drug-likeness (QED) is 0.507. The Morgan fingerprint density at radius 3 is 2.48 bits per heavy atom. The predicted octanol–water partition coefficient (Wildman–Crippen LogP) is 2.23. The highest BCUT2D eigenvalue weighted by Gasteiger charge is 2.28. The molecule has 1 aliphatic heterocycles. The normalized spacial score (nSPS) is 15.9. The third kappa shape index (κ3) is 4.81. The van der Waals surface area contributed by atoms with Crippen LogP contribution in [0.25, 0.3) is 17.1 Å². The van der Waals surface area contributed by atoms with Crippen LogP contribution in [-0.2, 0) is 19.6 Å². The highest BCUT2D eigenvalue weighted by molar-refractivity contribution is 8.00. The van der Waals surface area contributed by atoms with Crippen molar-refractivity contribution in [2.24, 2.45) is 5.73 Å². The van der Waals surface area contributed by atoms with Gasteiger partial charge in [-0.25, -0.2) is 8.42 Å². The molecule has 2 aromatic carbocycles. The van der Waals surface area contributed by atoms with Gasteiger partial charge in [0.2, 0.25) is 15.9 Å². The van der Waals surface area contributed by atoms with Gasteiger partial charge in [0.25, 0.3) is 0 Å². The van der Waals surface area contributed by atoms with Gasteiger partial charge < -0.3 is 10.5 Å². The topological polar surface area (TPSA) is 120 Å². The van der Waals surface area contributed by atoms with E-state index in [1.165, 1.54) is 16.1 Å². The molecule has 174 valence electrons. The zero-order chi connectivity index (χ0) is 23.6. The minimum Gasteiger partial charge on any atom is -0.379 e. The lowest BCUT2D eigenvalue weighted by Crippen LogP contribution is -2.40. The summed E-state index contributed by atoms with van der Waals surface area (Å²) in [6, 6.07) is 14.5. The van der Waals surface area contributed by atoms with Gasteiger partial charge in [0.05, 0.1) is 23.4 Å². The van der Waals surface area contributed by atoms with Crippen molar-refractivity contribution < 1.29 is 17.9 Å². The monoisotopic (exact) mass is 487 g/mol. The van der Waals surface area contributed by atoms with E-state index < -0.39 is 21.2 Å². The van der Waals surface area contributed by atoms with Crippen LogP contribution in [0.1, 0.15) is 12.5 Å². The molecular weight excluding hydrogens is 462 g/mol. The molecule has 0 aliphatic carbocycles. The number of nitrogens with two attached hydrogens (primary N) is 1. The van der Waals surface area contributed by atoms with Crippen LogP contribution in [0.5, 0.6) is 0 Å². The molecule has 2 heterocycles. The fourth-order valence-electron chi connectivity index (χ4n) is 3.49. The standard InChI is InChI=1S/C22H25N5O4S2/c1-15-8-9-18(33(29,30)26-10-12-31-13-11-26)14-19(15)21-24-25-22(32-16(2)20(23)28)27(21)17-6-4-3-5-7-17/h3-9,14,16H,10-13H2,1-2H3,(H2,23,28). The number of amides is 1. The van der Waals surface area contributed by atoms with Gasteiger partial charge in [0, 0.05) is 24.3 Å². The fourth-order valence-corrected chi connectivity index (χ4v) is 5.74. The number of sulfonamides is 1. The summed E-state index contributed by atoms with van der Waals surface area (Å²) in [5.41, 5.74) is 7.73. The Labute approximate surface area is 197 Å². The maximum atomic E-state index is 13.2. The van der Waals surface area contributed by atoms with Crippen molar-refractivity contribution in [3.63, 3.8) is 0 Å². The van der Waals surface area contributed by atoms with Gasteiger partial charge in [-0.1, -0.05) is 36.0 Å². The number of nitrogens with zero attached hydrogens (tertiary/aromatic N) is 4. The summed E-state index contributed by atoms with van der Waals surface area (Å²) in [5.74, 6) is 0.0239. The molecule has 33 heavy (non-hydrogen) atoms.